The summed E-state index contributed by atoms with van der Waals surface area (Å²) in [5, 5.41) is 4.30. The summed E-state index contributed by atoms with van der Waals surface area (Å²) in [5.74, 6) is 1.33. The van der Waals surface area contributed by atoms with Crippen molar-refractivity contribution >= 4 is 5.97 Å². The molecule has 4 heteroatoms. The van der Waals surface area contributed by atoms with Crippen LogP contribution in [0.25, 0.3) is 0 Å². The van der Waals surface area contributed by atoms with E-state index in [4.69, 9.17) is 9.26 Å². The Balaban J connectivity index is 1.60. The summed E-state index contributed by atoms with van der Waals surface area (Å²) in [6, 6.07) is 0. The highest BCUT2D eigenvalue weighted by atomic mass is 16.5. The molecule has 3 saturated carbocycles. The van der Waals surface area contributed by atoms with Gasteiger partial charge in [-0.25, -0.2) is 4.79 Å². The molecule has 0 radical (unpaired) electrons. The molecule has 1 aromatic rings. The van der Waals surface area contributed by atoms with Crippen molar-refractivity contribution in [3.8, 4) is 0 Å². The molecule has 4 rings (SSSR count). The Kier molecular flexibility index (Phi) is 3.09. The Labute approximate surface area is 125 Å². The van der Waals surface area contributed by atoms with E-state index in [0.717, 1.165) is 37.1 Å². The summed E-state index contributed by atoms with van der Waals surface area (Å²) in [4.78, 5) is 12.3. The highest BCUT2D eigenvalue weighted by Gasteiger charge is 2.46. The number of hydrogen-bond acceptors (Lipinski definition) is 4. The molecule has 0 N–H and O–H groups in total. The van der Waals surface area contributed by atoms with Gasteiger partial charge >= 0.3 is 5.97 Å². The van der Waals surface area contributed by atoms with Gasteiger partial charge in [0.1, 0.15) is 11.3 Å². The first-order valence-corrected chi connectivity index (χ1v) is 8.39. The van der Waals surface area contributed by atoms with Gasteiger partial charge in [0, 0.05) is 11.8 Å². The SMILES string of the molecule is CCOC(=O)c1c(C2CCC3(CC2)CC3)noc1C1CC1. The molecule has 3 fully saturated rings. The van der Waals surface area contributed by atoms with Gasteiger partial charge in [-0.15, -0.1) is 0 Å². The Morgan fingerprint density at radius 1 is 1.19 bits per heavy atom. The van der Waals surface area contributed by atoms with Crippen LogP contribution in [-0.4, -0.2) is 17.7 Å². The van der Waals surface area contributed by atoms with Crippen LogP contribution in [0, 0.1) is 5.41 Å². The van der Waals surface area contributed by atoms with Gasteiger partial charge in [0.05, 0.1) is 6.61 Å². The number of carbonyl (C=O) groups excluding carboxylic acids is 1. The second-order valence-corrected chi connectivity index (χ2v) is 7.08. The molecule has 4 nitrogen and oxygen atoms in total. The van der Waals surface area contributed by atoms with Crippen LogP contribution in [-0.2, 0) is 4.74 Å². The second kappa shape index (κ2) is 4.85. The van der Waals surface area contributed by atoms with E-state index in [1.807, 2.05) is 6.92 Å². The van der Waals surface area contributed by atoms with Crippen LogP contribution in [0.1, 0.15) is 91.9 Å². The largest absolute Gasteiger partial charge is 0.462 e. The Morgan fingerprint density at radius 3 is 2.48 bits per heavy atom. The fourth-order valence-corrected chi connectivity index (χ4v) is 3.81. The van der Waals surface area contributed by atoms with Crippen LogP contribution in [0.5, 0.6) is 0 Å². The third-order valence-electron chi connectivity index (χ3n) is 5.56. The zero-order valence-electron chi connectivity index (χ0n) is 12.7. The zero-order chi connectivity index (χ0) is 14.4. The van der Waals surface area contributed by atoms with Gasteiger partial charge in [0.25, 0.3) is 0 Å². The molecule has 0 saturated heterocycles. The predicted octanol–water partition coefficient (Wildman–Crippen LogP) is 4.17. The maximum atomic E-state index is 12.3. The topological polar surface area (TPSA) is 52.3 Å². The van der Waals surface area contributed by atoms with Crippen LogP contribution < -0.4 is 0 Å². The van der Waals surface area contributed by atoms with Crippen LogP contribution in [0.2, 0.25) is 0 Å². The van der Waals surface area contributed by atoms with E-state index < -0.39 is 0 Å². The predicted molar refractivity (Wildman–Crippen MR) is 77.3 cm³/mol. The van der Waals surface area contributed by atoms with E-state index in [0.29, 0.717) is 29.4 Å². The average Bonchev–Trinajstić information content (AvgIpc) is 3.41. The molecule has 0 bridgehead atoms. The quantitative estimate of drug-likeness (QED) is 0.781. The van der Waals surface area contributed by atoms with Gasteiger partial charge in [0.15, 0.2) is 5.76 Å². The van der Waals surface area contributed by atoms with Crippen LogP contribution in [0.3, 0.4) is 0 Å². The second-order valence-electron chi connectivity index (χ2n) is 7.08. The molecule has 1 heterocycles. The molecule has 3 aliphatic rings. The molecule has 0 amide bonds. The number of nitrogens with zero attached hydrogens (tertiary/aromatic N) is 1. The summed E-state index contributed by atoms with van der Waals surface area (Å²) < 4.78 is 10.8. The van der Waals surface area contributed by atoms with E-state index >= 15 is 0 Å². The number of rotatable bonds is 4. The molecule has 0 unspecified atom stereocenters. The minimum Gasteiger partial charge on any atom is -0.462 e. The third kappa shape index (κ3) is 2.39. The minimum atomic E-state index is -0.234. The lowest BCUT2D eigenvalue weighted by molar-refractivity contribution is 0.0521. The van der Waals surface area contributed by atoms with Crippen molar-refractivity contribution in [3.63, 3.8) is 0 Å². The normalized spacial score (nSPS) is 24.2. The number of carbonyl (C=O) groups is 1. The molecular formula is C17H23NO3. The van der Waals surface area contributed by atoms with E-state index in [-0.39, 0.29) is 5.97 Å². The average molecular weight is 289 g/mol. The molecular weight excluding hydrogens is 266 g/mol. The van der Waals surface area contributed by atoms with Crippen LogP contribution >= 0.6 is 0 Å². The zero-order valence-corrected chi connectivity index (χ0v) is 12.7. The van der Waals surface area contributed by atoms with Gasteiger partial charge in [-0.2, -0.15) is 0 Å². The lowest BCUT2D eigenvalue weighted by Gasteiger charge is -2.27. The summed E-state index contributed by atoms with van der Waals surface area (Å²) in [6.07, 6.45) is 9.86. The van der Waals surface area contributed by atoms with Crippen molar-refractivity contribution < 1.29 is 14.1 Å². The molecule has 1 aromatic heterocycles. The Hall–Kier alpha value is -1.32. The summed E-state index contributed by atoms with van der Waals surface area (Å²) >= 11 is 0. The fraction of sp³-hybridized carbons (Fsp3) is 0.765. The van der Waals surface area contributed by atoms with Crippen molar-refractivity contribution in [1.29, 1.82) is 0 Å². The number of esters is 1. The first kappa shape index (κ1) is 13.4. The number of hydrogen-bond donors (Lipinski definition) is 0. The van der Waals surface area contributed by atoms with Gasteiger partial charge in [-0.3, -0.25) is 0 Å². The number of ether oxygens (including phenoxy) is 1. The lowest BCUT2D eigenvalue weighted by Crippen LogP contribution is -2.17. The molecule has 3 aliphatic carbocycles. The van der Waals surface area contributed by atoms with Crippen molar-refractivity contribution in [3.05, 3.63) is 17.0 Å². The summed E-state index contributed by atoms with van der Waals surface area (Å²) in [7, 11) is 0. The molecule has 21 heavy (non-hydrogen) atoms. The van der Waals surface area contributed by atoms with Crippen LogP contribution in [0.15, 0.2) is 4.52 Å². The molecule has 0 aromatic carbocycles. The fourth-order valence-electron chi connectivity index (χ4n) is 3.81. The van der Waals surface area contributed by atoms with Gasteiger partial charge in [-0.05, 0) is 63.7 Å². The molecule has 1 spiro atoms. The van der Waals surface area contributed by atoms with Crippen LogP contribution in [0.4, 0.5) is 0 Å². The first-order valence-electron chi connectivity index (χ1n) is 8.39. The van der Waals surface area contributed by atoms with E-state index in [1.54, 1.807) is 0 Å². The molecule has 0 atom stereocenters. The molecule has 0 aliphatic heterocycles. The Bertz CT molecular complexity index is 544. The standard InChI is InChI=1S/C17H23NO3/c1-2-20-16(19)13-14(18-21-15(13)12-3-4-12)11-5-7-17(8-6-11)9-10-17/h11-12H,2-10H2,1H3. The summed E-state index contributed by atoms with van der Waals surface area (Å²) in [5.41, 5.74) is 2.20. The van der Waals surface area contributed by atoms with E-state index in [9.17, 15) is 4.79 Å². The summed E-state index contributed by atoms with van der Waals surface area (Å²) in [6.45, 7) is 2.25. The van der Waals surface area contributed by atoms with Crippen molar-refractivity contribution in [2.75, 3.05) is 6.61 Å². The molecule has 114 valence electrons. The van der Waals surface area contributed by atoms with Crippen molar-refractivity contribution in [2.45, 2.75) is 70.1 Å². The third-order valence-corrected chi connectivity index (χ3v) is 5.56. The van der Waals surface area contributed by atoms with Crippen molar-refractivity contribution in [1.82, 2.24) is 5.16 Å². The highest BCUT2D eigenvalue weighted by Crippen LogP contribution is 2.58. The Morgan fingerprint density at radius 2 is 1.90 bits per heavy atom. The number of aromatic nitrogens is 1. The lowest BCUT2D eigenvalue weighted by atomic mass is 9.77. The maximum absolute atomic E-state index is 12.3. The van der Waals surface area contributed by atoms with Crippen molar-refractivity contribution in [2.24, 2.45) is 5.41 Å². The van der Waals surface area contributed by atoms with Gasteiger partial charge in [0.2, 0.25) is 0 Å². The highest BCUT2D eigenvalue weighted by molar-refractivity contribution is 5.92. The van der Waals surface area contributed by atoms with E-state index in [1.165, 1.54) is 25.7 Å². The maximum Gasteiger partial charge on any atom is 0.343 e. The van der Waals surface area contributed by atoms with E-state index in [2.05, 4.69) is 5.16 Å². The monoisotopic (exact) mass is 289 g/mol. The first-order chi connectivity index (χ1) is 10.2. The smallest absolute Gasteiger partial charge is 0.343 e. The minimum absolute atomic E-state index is 0.234. The van der Waals surface area contributed by atoms with Gasteiger partial charge < -0.3 is 9.26 Å². The van der Waals surface area contributed by atoms with Gasteiger partial charge in [-0.1, -0.05) is 5.16 Å².